The molecule has 1 aromatic rings. The SMILES string of the molecule is CCNC(=NCC(C)c1ccccc1OC)NC1CCN(C(=O)CC)C1.I. The number of hydrogen-bond donors (Lipinski definition) is 2. The van der Waals surface area contributed by atoms with Gasteiger partial charge in [-0.15, -0.1) is 24.0 Å². The number of rotatable bonds is 7. The number of carbonyl (C=O) groups excluding carboxylic acids is 1. The van der Waals surface area contributed by atoms with E-state index in [2.05, 4.69) is 30.5 Å². The standard InChI is InChI=1S/C20H32N4O2.HI/c1-5-19(25)24-12-11-16(14-24)23-20(21-6-2)22-13-15(3)17-9-7-8-10-18(17)26-4;/h7-10,15-16H,5-6,11-14H2,1-4H3,(H2,21,22,23);1H. The highest BCUT2D eigenvalue weighted by atomic mass is 127. The molecule has 1 aliphatic rings. The monoisotopic (exact) mass is 488 g/mol. The van der Waals surface area contributed by atoms with Crippen LogP contribution in [0.2, 0.25) is 0 Å². The third kappa shape index (κ3) is 6.86. The van der Waals surface area contributed by atoms with Crippen LogP contribution in [0.15, 0.2) is 29.3 Å². The van der Waals surface area contributed by atoms with Crippen LogP contribution in [-0.4, -0.2) is 56.1 Å². The van der Waals surface area contributed by atoms with Gasteiger partial charge < -0.3 is 20.3 Å². The third-order valence-corrected chi connectivity index (χ3v) is 4.72. The first kappa shape index (κ1) is 23.5. The number of nitrogens with zero attached hydrogens (tertiary/aromatic N) is 2. The molecule has 1 aliphatic heterocycles. The lowest BCUT2D eigenvalue weighted by atomic mass is 10.0. The minimum Gasteiger partial charge on any atom is -0.496 e. The summed E-state index contributed by atoms with van der Waals surface area (Å²) in [6.07, 6.45) is 1.52. The van der Waals surface area contributed by atoms with Gasteiger partial charge in [-0.25, -0.2) is 0 Å². The van der Waals surface area contributed by atoms with E-state index in [1.54, 1.807) is 7.11 Å². The van der Waals surface area contributed by atoms with Gasteiger partial charge in [0.1, 0.15) is 5.75 Å². The Bertz CT molecular complexity index is 624. The molecule has 2 N–H and O–H groups in total. The Balaban J connectivity index is 0.00000364. The number of hydrogen-bond acceptors (Lipinski definition) is 3. The van der Waals surface area contributed by atoms with Gasteiger partial charge in [-0.2, -0.15) is 0 Å². The summed E-state index contributed by atoms with van der Waals surface area (Å²) in [5, 5.41) is 6.78. The number of carbonyl (C=O) groups is 1. The van der Waals surface area contributed by atoms with Crippen LogP contribution in [0.1, 0.15) is 45.1 Å². The molecule has 7 heteroatoms. The van der Waals surface area contributed by atoms with Crippen LogP contribution in [0, 0.1) is 0 Å². The molecule has 27 heavy (non-hydrogen) atoms. The summed E-state index contributed by atoms with van der Waals surface area (Å²) < 4.78 is 5.46. The molecular weight excluding hydrogens is 455 g/mol. The summed E-state index contributed by atoms with van der Waals surface area (Å²) in [6, 6.07) is 8.33. The minimum absolute atomic E-state index is 0. The summed E-state index contributed by atoms with van der Waals surface area (Å²) >= 11 is 0. The second-order valence-electron chi connectivity index (χ2n) is 6.69. The lowest BCUT2D eigenvalue weighted by Crippen LogP contribution is -2.45. The highest BCUT2D eigenvalue weighted by Gasteiger charge is 2.25. The molecule has 1 amide bonds. The average molecular weight is 488 g/mol. The van der Waals surface area contributed by atoms with E-state index in [-0.39, 0.29) is 41.8 Å². The van der Waals surface area contributed by atoms with Crippen LogP contribution in [0.4, 0.5) is 0 Å². The fourth-order valence-corrected chi connectivity index (χ4v) is 3.24. The van der Waals surface area contributed by atoms with Gasteiger partial charge in [-0.1, -0.05) is 32.0 Å². The van der Waals surface area contributed by atoms with Gasteiger partial charge in [-0.05, 0) is 25.0 Å². The van der Waals surface area contributed by atoms with Crippen LogP contribution in [0.25, 0.3) is 0 Å². The van der Waals surface area contributed by atoms with E-state index >= 15 is 0 Å². The number of likely N-dealkylation sites (tertiary alicyclic amines) is 1. The van der Waals surface area contributed by atoms with Crippen molar-refractivity contribution in [2.45, 2.75) is 45.6 Å². The van der Waals surface area contributed by atoms with Crippen LogP contribution in [0.3, 0.4) is 0 Å². The van der Waals surface area contributed by atoms with E-state index in [0.29, 0.717) is 13.0 Å². The Labute approximate surface area is 180 Å². The number of amides is 1. The zero-order chi connectivity index (χ0) is 18.9. The maximum atomic E-state index is 11.8. The third-order valence-electron chi connectivity index (χ3n) is 4.72. The number of methoxy groups -OCH3 is 1. The maximum Gasteiger partial charge on any atom is 0.222 e. The topological polar surface area (TPSA) is 66.0 Å². The van der Waals surface area contributed by atoms with E-state index in [1.807, 2.05) is 30.0 Å². The predicted molar refractivity (Wildman–Crippen MR) is 121 cm³/mol. The smallest absolute Gasteiger partial charge is 0.222 e. The van der Waals surface area contributed by atoms with Gasteiger partial charge >= 0.3 is 0 Å². The fourth-order valence-electron chi connectivity index (χ4n) is 3.24. The molecule has 6 nitrogen and oxygen atoms in total. The summed E-state index contributed by atoms with van der Waals surface area (Å²) in [5.41, 5.74) is 1.16. The first-order chi connectivity index (χ1) is 12.6. The molecule has 0 spiro atoms. The Morgan fingerprint density at radius 1 is 1.37 bits per heavy atom. The second-order valence-corrected chi connectivity index (χ2v) is 6.69. The highest BCUT2D eigenvalue weighted by molar-refractivity contribution is 14.0. The van der Waals surface area contributed by atoms with Crippen molar-refractivity contribution in [3.8, 4) is 5.75 Å². The van der Waals surface area contributed by atoms with Crippen molar-refractivity contribution < 1.29 is 9.53 Å². The van der Waals surface area contributed by atoms with E-state index in [4.69, 9.17) is 9.73 Å². The molecule has 1 heterocycles. The Morgan fingerprint density at radius 2 is 2.11 bits per heavy atom. The molecule has 2 unspecified atom stereocenters. The quantitative estimate of drug-likeness (QED) is 0.352. The Hall–Kier alpha value is -1.51. The van der Waals surface area contributed by atoms with Crippen molar-refractivity contribution in [2.75, 3.05) is 33.3 Å². The van der Waals surface area contributed by atoms with E-state index in [1.165, 1.54) is 0 Å². The van der Waals surface area contributed by atoms with Crippen molar-refractivity contribution >= 4 is 35.8 Å². The molecule has 2 atom stereocenters. The van der Waals surface area contributed by atoms with Gasteiger partial charge in [0.2, 0.25) is 5.91 Å². The molecular formula is C20H33IN4O2. The molecule has 0 aliphatic carbocycles. The molecule has 1 aromatic carbocycles. The predicted octanol–water partition coefficient (Wildman–Crippen LogP) is 2.98. The molecule has 0 bridgehead atoms. The molecule has 0 aromatic heterocycles. The molecule has 0 radical (unpaired) electrons. The zero-order valence-electron chi connectivity index (χ0n) is 16.8. The summed E-state index contributed by atoms with van der Waals surface area (Å²) in [7, 11) is 1.70. The maximum absolute atomic E-state index is 11.8. The summed E-state index contributed by atoms with van der Waals surface area (Å²) in [5.74, 6) is 2.19. The van der Waals surface area contributed by atoms with Crippen LogP contribution in [0.5, 0.6) is 5.75 Å². The number of halogens is 1. The number of para-hydroxylation sites is 1. The Morgan fingerprint density at radius 3 is 2.78 bits per heavy atom. The van der Waals surface area contributed by atoms with Crippen LogP contribution in [-0.2, 0) is 4.79 Å². The number of ether oxygens (including phenoxy) is 1. The normalized spacial score (nSPS) is 17.9. The average Bonchev–Trinajstić information content (AvgIpc) is 3.13. The molecule has 1 fully saturated rings. The van der Waals surface area contributed by atoms with Crippen LogP contribution >= 0.6 is 24.0 Å². The van der Waals surface area contributed by atoms with E-state index < -0.39 is 0 Å². The van der Waals surface area contributed by atoms with Gasteiger partial charge in [0.25, 0.3) is 0 Å². The van der Waals surface area contributed by atoms with Gasteiger partial charge in [0.15, 0.2) is 5.96 Å². The number of guanidine groups is 1. The number of nitrogens with one attached hydrogen (secondary N) is 2. The lowest BCUT2D eigenvalue weighted by Gasteiger charge is -2.19. The van der Waals surface area contributed by atoms with E-state index in [0.717, 1.165) is 43.3 Å². The molecule has 152 valence electrons. The van der Waals surface area contributed by atoms with Crippen molar-refractivity contribution in [3.63, 3.8) is 0 Å². The summed E-state index contributed by atoms with van der Waals surface area (Å²) in [6.45, 7) is 9.16. The van der Waals surface area contributed by atoms with Crippen molar-refractivity contribution in [1.29, 1.82) is 0 Å². The first-order valence-corrected chi connectivity index (χ1v) is 9.54. The Kier molecular flexibility index (Phi) is 10.5. The summed E-state index contributed by atoms with van der Waals surface area (Å²) in [4.78, 5) is 18.5. The van der Waals surface area contributed by atoms with Crippen molar-refractivity contribution in [3.05, 3.63) is 29.8 Å². The lowest BCUT2D eigenvalue weighted by molar-refractivity contribution is -0.129. The van der Waals surface area contributed by atoms with Crippen molar-refractivity contribution in [1.82, 2.24) is 15.5 Å². The van der Waals surface area contributed by atoms with Crippen molar-refractivity contribution in [2.24, 2.45) is 4.99 Å². The van der Waals surface area contributed by atoms with Gasteiger partial charge in [0, 0.05) is 44.6 Å². The molecule has 2 rings (SSSR count). The zero-order valence-corrected chi connectivity index (χ0v) is 19.2. The van der Waals surface area contributed by atoms with E-state index in [9.17, 15) is 4.79 Å². The fraction of sp³-hybridized carbons (Fsp3) is 0.600. The van der Waals surface area contributed by atoms with Crippen LogP contribution < -0.4 is 15.4 Å². The number of aliphatic imine (C=N–C) groups is 1. The van der Waals surface area contributed by atoms with Gasteiger partial charge in [0.05, 0.1) is 7.11 Å². The minimum atomic E-state index is 0. The van der Waals surface area contributed by atoms with Gasteiger partial charge in [-0.3, -0.25) is 9.79 Å². The number of benzene rings is 1. The first-order valence-electron chi connectivity index (χ1n) is 9.54. The largest absolute Gasteiger partial charge is 0.496 e. The second kappa shape index (κ2) is 12.0. The molecule has 0 saturated carbocycles. The molecule has 1 saturated heterocycles. The highest BCUT2D eigenvalue weighted by Crippen LogP contribution is 2.26.